The van der Waals surface area contributed by atoms with Crippen molar-refractivity contribution in [2.75, 3.05) is 25.1 Å². The van der Waals surface area contributed by atoms with Crippen LogP contribution in [-0.4, -0.2) is 84.8 Å². The predicted molar refractivity (Wildman–Crippen MR) is 155 cm³/mol. The molecule has 288 valence electrons. The Morgan fingerprint density at radius 3 is 1.58 bits per heavy atom. The van der Waals surface area contributed by atoms with Crippen molar-refractivity contribution in [3.05, 3.63) is 29.8 Å². The van der Waals surface area contributed by atoms with Crippen LogP contribution >= 0.6 is 0 Å². The van der Waals surface area contributed by atoms with E-state index in [0.29, 0.717) is 37.9 Å². The van der Waals surface area contributed by atoms with Crippen molar-refractivity contribution in [3.8, 4) is 0 Å². The fourth-order valence-electron chi connectivity index (χ4n) is 4.59. The van der Waals surface area contributed by atoms with Gasteiger partial charge >= 0.3 is 42.1 Å². The van der Waals surface area contributed by atoms with Crippen LogP contribution in [0.25, 0.3) is 0 Å². The first-order valence-corrected chi connectivity index (χ1v) is 15.7. The van der Waals surface area contributed by atoms with Crippen molar-refractivity contribution in [3.63, 3.8) is 0 Å². The second-order valence-electron chi connectivity index (χ2n) is 11.2. The number of benzene rings is 1. The summed E-state index contributed by atoms with van der Waals surface area (Å²) in [6, 6.07) is 5.85. The average Bonchev–Trinajstić information content (AvgIpc) is 3.02. The van der Waals surface area contributed by atoms with Gasteiger partial charge in [-0.3, -0.25) is 0 Å². The quantitative estimate of drug-likeness (QED) is 0.0530. The zero-order valence-corrected chi connectivity index (χ0v) is 27.2. The number of esters is 3. The zero-order chi connectivity index (χ0) is 38.4. The number of hydrogen-bond acceptors (Lipinski definition) is 8. The van der Waals surface area contributed by atoms with E-state index < -0.39 is 72.8 Å². The summed E-state index contributed by atoms with van der Waals surface area (Å²) in [6.07, 6.45) is -17.5. The number of hydrogen-bond donors (Lipinski definition) is 2. The monoisotopic (exact) mass is 747 g/mol. The van der Waals surface area contributed by atoms with E-state index in [9.17, 15) is 67.8 Å². The summed E-state index contributed by atoms with van der Waals surface area (Å²) in [6.45, 7) is 3.27. The molecule has 19 heteroatoms. The average molecular weight is 748 g/mol. The first-order valence-electron chi connectivity index (χ1n) is 15.7. The number of rotatable bonds is 22. The molecule has 1 aromatic carbocycles. The Morgan fingerprint density at radius 1 is 0.660 bits per heavy atom. The molecule has 0 aromatic heterocycles. The van der Waals surface area contributed by atoms with E-state index in [1.165, 1.54) is 26.0 Å². The number of carbonyl (C=O) groups excluding carboxylic acids is 3. The maximum Gasteiger partial charge on any atom is 0.460 e. The van der Waals surface area contributed by atoms with Crippen molar-refractivity contribution >= 4 is 23.6 Å². The minimum atomic E-state index is -7.24. The number of aliphatic hydroxyl groups excluding tert-OH is 1. The SMILES string of the molecule is CCOC(=O)C(O)C(OC(=O)c1ccc(NCCCCCCCCCCCC(F)(C(F)(F)F)C(F)(F)C(F)(F)C(F)(F)F)cc1)C(=O)OCC. The van der Waals surface area contributed by atoms with E-state index in [1.54, 1.807) is 12.1 Å². The van der Waals surface area contributed by atoms with Gasteiger partial charge in [0.2, 0.25) is 6.10 Å². The number of unbranched alkanes of at least 4 members (excludes halogenated alkanes) is 8. The van der Waals surface area contributed by atoms with Crippen LogP contribution in [0, 0.1) is 0 Å². The van der Waals surface area contributed by atoms with Crippen LogP contribution in [0.5, 0.6) is 0 Å². The summed E-state index contributed by atoms with van der Waals surface area (Å²) in [4.78, 5) is 36.5. The van der Waals surface area contributed by atoms with Crippen LogP contribution in [0.3, 0.4) is 0 Å². The van der Waals surface area contributed by atoms with Gasteiger partial charge in [0.15, 0.2) is 6.10 Å². The third kappa shape index (κ3) is 11.9. The number of carbonyl (C=O) groups is 3. The Hall–Kier alpha value is -3.38. The van der Waals surface area contributed by atoms with Gasteiger partial charge in [-0.1, -0.05) is 44.9 Å². The van der Waals surface area contributed by atoms with E-state index >= 15 is 0 Å². The third-order valence-electron chi connectivity index (χ3n) is 7.41. The largest absolute Gasteiger partial charge is 0.464 e. The molecule has 0 fully saturated rings. The normalized spacial score (nSPS) is 15.1. The third-order valence-corrected chi connectivity index (χ3v) is 7.41. The Morgan fingerprint density at radius 2 is 1.12 bits per heavy atom. The van der Waals surface area contributed by atoms with Crippen molar-refractivity contribution < 1.29 is 82.0 Å². The lowest BCUT2D eigenvalue weighted by atomic mass is 9.86. The lowest BCUT2D eigenvalue weighted by molar-refractivity contribution is -0.412. The van der Waals surface area contributed by atoms with Crippen LogP contribution in [0.1, 0.15) is 88.4 Å². The van der Waals surface area contributed by atoms with Gasteiger partial charge in [0.25, 0.3) is 5.67 Å². The van der Waals surface area contributed by atoms with Crippen LogP contribution in [-0.2, 0) is 23.8 Å². The Labute approximate surface area is 281 Å². The van der Waals surface area contributed by atoms with Crippen molar-refractivity contribution in [1.29, 1.82) is 0 Å². The zero-order valence-electron chi connectivity index (χ0n) is 27.2. The van der Waals surface area contributed by atoms with E-state index in [2.05, 4.69) is 10.1 Å². The molecule has 0 aliphatic heterocycles. The molecular formula is C31H40F11NO7. The second kappa shape index (κ2) is 19.3. The summed E-state index contributed by atoms with van der Waals surface area (Å²) in [7, 11) is 0. The molecule has 0 amide bonds. The predicted octanol–water partition coefficient (Wildman–Crippen LogP) is 8.12. The molecule has 0 radical (unpaired) electrons. The highest BCUT2D eigenvalue weighted by Crippen LogP contribution is 2.58. The minimum Gasteiger partial charge on any atom is -0.464 e. The van der Waals surface area contributed by atoms with E-state index in [1.807, 2.05) is 0 Å². The topological polar surface area (TPSA) is 111 Å². The number of halogens is 11. The van der Waals surface area contributed by atoms with Gasteiger partial charge in [-0.15, -0.1) is 0 Å². The molecular weight excluding hydrogens is 707 g/mol. The standard InChI is InChI=1S/C31H40F11NO7/c1-3-48-25(46)22(44)23(26(47)49-4-2)50-24(45)20-14-16-21(17-15-20)43-19-13-11-9-7-5-6-8-10-12-18-27(32,30(37,38)39)28(33,34)29(35,36)31(40,41)42/h14-17,22-23,43-44H,3-13,18-19H2,1-2H3. The molecule has 0 aliphatic carbocycles. The highest BCUT2D eigenvalue weighted by molar-refractivity contribution is 5.93. The first-order chi connectivity index (χ1) is 23.1. The molecule has 50 heavy (non-hydrogen) atoms. The van der Waals surface area contributed by atoms with Crippen LogP contribution < -0.4 is 5.32 Å². The highest BCUT2D eigenvalue weighted by atomic mass is 19.4. The van der Waals surface area contributed by atoms with Gasteiger partial charge in [0.1, 0.15) is 0 Å². The molecule has 0 saturated heterocycles. The van der Waals surface area contributed by atoms with E-state index in [4.69, 9.17) is 9.47 Å². The van der Waals surface area contributed by atoms with Crippen LogP contribution in [0.2, 0.25) is 0 Å². The fraction of sp³-hybridized carbons (Fsp3) is 0.710. The van der Waals surface area contributed by atoms with Crippen molar-refractivity contribution in [2.45, 2.75) is 120 Å². The van der Waals surface area contributed by atoms with Gasteiger partial charge < -0.3 is 24.6 Å². The molecule has 8 nitrogen and oxygen atoms in total. The molecule has 0 aliphatic rings. The number of ether oxygens (including phenoxy) is 3. The Balaban J connectivity index is 2.41. The van der Waals surface area contributed by atoms with Crippen molar-refractivity contribution in [2.24, 2.45) is 0 Å². The van der Waals surface area contributed by atoms with Gasteiger partial charge in [-0.2, -0.15) is 43.9 Å². The molecule has 3 atom stereocenters. The number of nitrogens with one attached hydrogen (secondary N) is 1. The van der Waals surface area contributed by atoms with Crippen molar-refractivity contribution in [1.82, 2.24) is 0 Å². The van der Waals surface area contributed by atoms with Crippen LogP contribution in [0.15, 0.2) is 24.3 Å². The maximum atomic E-state index is 14.3. The van der Waals surface area contributed by atoms with Gasteiger partial charge in [0, 0.05) is 12.2 Å². The number of alkyl halides is 11. The second-order valence-corrected chi connectivity index (χ2v) is 11.2. The number of aliphatic hydroxyl groups is 1. The smallest absolute Gasteiger partial charge is 0.460 e. The molecule has 1 rings (SSSR count). The molecule has 1 aromatic rings. The lowest BCUT2D eigenvalue weighted by Crippen LogP contribution is -2.67. The highest BCUT2D eigenvalue weighted by Gasteiger charge is 2.86. The Kier molecular flexibility index (Phi) is 17.2. The first kappa shape index (κ1) is 44.6. The molecule has 0 heterocycles. The molecule has 2 N–H and O–H groups in total. The molecule has 0 bridgehead atoms. The number of anilines is 1. The summed E-state index contributed by atoms with van der Waals surface area (Å²) in [5.41, 5.74) is -5.45. The maximum absolute atomic E-state index is 14.3. The minimum absolute atomic E-state index is 0.00576. The molecule has 0 spiro atoms. The van der Waals surface area contributed by atoms with Gasteiger partial charge in [0.05, 0.1) is 18.8 Å². The Bertz CT molecular complexity index is 1210. The summed E-state index contributed by atoms with van der Waals surface area (Å²) in [5, 5.41) is 13.2. The van der Waals surface area contributed by atoms with E-state index in [0.717, 1.165) is 12.8 Å². The molecule has 3 unspecified atom stereocenters. The summed E-state index contributed by atoms with van der Waals surface area (Å²) >= 11 is 0. The van der Waals surface area contributed by atoms with Crippen LogP contribution in [0.4, 0.5) is 54.0 Å². The molecule has 0 saturated carbocycles. The van der Waals surface area contributed by atoms with E-state index in [-0.39, 0.29) is 31.6 Å². The summed E-state index contributed by atoms with van der Waals surface area (Å²) < 4.78 is 158. The lowest BCUT2D eigenvalue weighted by Gasteiger charge is -2.39. The fourth-order valence-corrected chi connectivity index (χ4v) is 4.59. The van der Waals surface area contributed by atoms with Gasteiger partial charge in [-0.25, -0.2) is 18.8 Å². The summed E-state index contributed by atoms with van der Waals surface area (Å²) in [5.74, 6) is -17.6. The van der Waals surface area contributed by atoms with Gasteiger partial charge in [-0.05, 0) is 57.4 Å².